The molecule has 7 nitrogen and oxygen atoms in total. The van der Waals surface area contributed by atoms with Gasteiger partial charge in [0.2, 0.25) is 5.88 Å². The summed E-state index contributed by atoms with van der Waals surface area (Å²) in [7, 11) is 1.63. The Balaban J connectivity index is 1.85. The number of halogens is 1. The van der Waals surface area contributed by atoms with Crippen LogP contribution in [-0.4, -0.2) is 51.4 Å². The van der Waals surface area contributed by atoms with E-state index in [-0.39, 0.29) is 12.0 Å². The number of hydrogen-bond acceptors (Lipinski definition) is 5. The predicted molar refractivity (Wildman–Crippen MR) is 102 cm³/mol. The van der Waals surface area contributed by atoms with Crippen LogP contribution in [0.5, 0.6) is 5.88 Å². The first-order valence-corrected chi connectivity index (χ1v) is 9.42. The molecule has 0 bridgehead atoms. The van der Waals surface area contributed by atoms with Crippen LogP contribution >= 0.6 is 22.6 Å². The Labute approximate surface area is 160 Å². The zero-order valence-corrected chi connectivity index (χ0v) is 17.1. The maximum Gasteiger partial charge on any atom is 0.410 e. The summed E-state index contributed by atoms with van der Waals surface area (Å²) in [5.41, 5.74) is 1.22. The molecule has 1 aliphatic rings. The molecule has 1 saturated heterocycles. The van der Waals surface area contributed by atoms with Crippen molar-refractivity contribution in [2.45, 2.75) is 45.1 Å². The standard InChI is InChI=1S/C17H23IN4O3/c1-17(2,3)25-16(23)21-7-5-6-11(10-21)13-8-14(24-4)22-15(20-13)12(18)9-19-22/h8-9,11H,5-7,10H2,1-4H3. The second-order valence-electron chi connectivity index (χ2n) is 7.22. The van der Waals surface area contributed by atoms with Gasteiger partial charge in [0.15, 0.2) is 5.65 Å². The summed E-state index contributed by atoms with van der Waals surface area (Å²) in [5.74, 6) is 0.808. The fourth-order valence-corrected chi connectivity index (χ4v) is 3.47. The Hall–Kier alpha value is -1.58. The highest BCUT2D eigenvalue weighted by atomic mass is 127. The third-order valence-corrected chi connectivity index (χ3v) is 4.88. The van der Waals surface area contributed by atoms with Crippen LogP contribution in [0.25, 0.3) is 5.65 Å². The predicted octanol–water partition coefficient (Wildman–Crippen LogP) is 3.46. The second-order valence-corrected chi connectivity index (χ2v) is 8.38. The minimum absolute atomic E-state index is 0.158. The summed E-state index contributed by atoms with van der Waals surface area (Å²) >= 11 is 2.22. The molecule has 1 atom stereocenters. The normalized spacial score (nSPS) is 18.4. The lowest BCUT2D eigenvalue weighted by molar-refractivity contribution is 0.0197. The van der Waals surface area contributed by atoms with Crippen molar-refractivity contribution in [1.29, 1.82) is 0 Å². The van der Waals surface area contributed by atoms with Crippen LogP contribution < -0.4 is 4.74 Å². The molecule has 3 rings (SSSR count). The highest BCUT2D eigenvalue weighted by Crippen LogP contribution is 2.30. The lowest BCUT2D eigenvalue weighted by Crippen LogP contribution is -2.42. The van der Waals surface area contributed by atoms with Gasteiger partial charge >= 0.3 is 6.09 Å². The van der Waals surface area contributed by atoms with Gasteiger partial charge in [0.1, 0.15) is 5.60 Å². The molecule has 0 N–H and O–H groups in total. The largest absolute Gasteiger partial charge is 0.481 e. The van der Waals surface area contributed by atoms with Gasteiger partial charge in [0, 0.05) is 25.1 Å². The zero-order valence-electron chi connectivity index (χ0n) is 15.0. The molecule has 1 fully saturated rings. The average Bonchev–Trinajstić information content (AvgIpc) is 2.94. The summed E-state index contributed by atoms with van der Waals surface area (Å²) in [5, 5.41) is 4.30. The first kappa shape index (κ1) is 18.2. The summed E-state index contributed by atoms with van der Waals surface area (Å²) in [6, 6.07) is 1.92. The maximum absolute atomic E-state index is 12.4. The molecule has 0 saturated carbocycles. The van der Waals surface area contributed by atoms with Gasteiger partial charge in [-0.2, -0.15) is 9.61 Å². The van der Waals surface area contributed by atoms with E-state index in [9.17, 15) is 4.79 Å². The van der Waals surface area contributed by atoms with Gasteiger partial charge in [-0.25, -0.2) is 9.78 Å². The van der Waals surface area contributed by atoms with Crippen LogP contribution in [0.1, 0.15) is 45.2 Å². The van der Waals surface area contributed by atoms with Crippen molar-refractivity contribution in [1.82, 2.24) is 19.5 Å². The number of carbonyl (C=O) groups excluding carboxylic acids is 1. The van der Waals surface area contributed by atoms with Crippen LogP contribution in [0.3, 0.4) is 0 Å². The molecule has 2 aromatic heterocycles. The molecule has 136 valence electrons. The number of aromatic nitrogens is 3. The summed E-state index contributed by atoms with van der Waals surface area (Å²) in [6.07, 6.45) is 3.42. The number of ether oxygens (including phenoxy) is 2. The van der Waals surface area contributed by atoms with Crippen LogP contribution in [0.2, 0.25) is 0 Å². The second kappa shape index (κ2) is 6.97. The molecule has 25 heavy (non-hydrogen) atoms. The summed E-state index contributed by atoms with van der Waals surface area (Å²) in [6.45, 7) is 6.97. The van der Waals surface area contributed by atoms with Crippen molar-refractivity contribution >= 4 is 34.3 Å². The minimum Gasteiger partial charge on any atom is -0.481 e. The van der Waals surface area contributed by atoms with Crippen molar-refractivity contribution in [2.24, 2.45) is 0 Å². The number of likely N-dealkylation sites (tertiary alicyclic amines) is 1. The van der Waals surface area contributed by atoms with E-state index in [0.29, 0.717) is 12.4 Å². The highest BCUT2D eigenvalue weighted by molar-refractivity contribution is 14.1. The topological polar surface area (TPSA) is 69.0 Å². The van der Waals surface area contributed by atoms with E-state index in [1.807, 2.05) is 26.8 Å². The maximum atomic E-state index is 12.4. The number of hydrogen-bond donors (Lipinski definition) is 0. The number of fused-ring (bicyclic) bond motifs is 1. The highest BCUT2D eigenvalue weighted by Gasteiger charge is 2.29. The Morgan fingerprint density at radius 3 is 2.84 bits per heavy atom. The van der Waals surface area contributed by atoms with E-state index in [0.717, 1.165) is 34.3 Å². The first-order chi connectivity index (χ1) is 11.8. The minimum atomic E-state index is -0.488. The van der Waals surface area contributed by atoms with E-state index < -0.39 is 5.60 Å². The Morgan fingerprint density at radius 2 is 2.16 bits per heavy atom. The fourth-order valence-electron chi connectivity index (χ4n) is 2.99. The lowest BCUT2D eigenvalue weighted by atomic mass is 9.94. The Morgan fingerprint density at radius 1 is 1.40 bits per heavy atom. The smallest absolute Gasteiger partial charge is 0.410 e. The quantitative estimate of drug-likeness (QED) is 0.645. The summed E-state index contributed by atoms with van der Waals surface area (Å²) in [4.78, 5) is 18.9. The molecule has 0 radical (unpaired) electrons. The van der Waals surface area contributed by atoms with Gasteiger partial charge in [-0.15, -0.1) is 0 Å². The molecule has 0 spiro atoms. The third-order valence-electron chi connectivity index (χ3n) is 4.12. The fraction of sp³-hybridized carbons (Fsp3) is 0.588. The zero-order chi connectivity index (χ0) is 18.2. The third kappa shape index (κ3) is 3.99. The monoisotopic (exact) mass is 458 g/mol. The van der Waals surface area contributed by atoms with Crippen LogP contribution in [0.4, 0.5) is 4.79 Å². The number of nitrogens with zero attached hydrogens (tertiary/aromatic N) is 4. The molecular weight excluding hydrogens is 435 g/mol. The van der Waals surface area contributed by atoms with E-state index >= 15 is 0 Å². The van der Waals surface area contributed by atoms with E-state index in [4.69, 9.17) is 14.5 Å². The molecule has 8 heteroatoms. The molecule has 1 amide bonds. The number of amides is 1. The van der Waals surface area contributed by atoms with Crippen LogP contribution in [-0.2, 0) is 4.74 Å². The van der Waals surface area contributed by atoms with Crippen molar-refractivity contribution in [2.75, 3.05) is 20.2 Å². The van der Waals surface area contributed by atoms with Crippen molar-refractivity contribution in [3.8, 4) is 5.88 Å². The van der Waals surface area contributed by atoms with Crippen LogP contribution in [0, 0.1) is 3.57 Å². The Bertz CT molecular complexity index is 784. The van der Waals surface area contributed by atoms with E-state index in [1.165, 1.54) is 0 Å². The molecule has 0 aliphatic carbocycles. The van der Waals surface area contributed by atoms with Crippen LogP contribution in [0.15, 0.2) is 12.3 Å². The van der Waals surface area contributed by atoms with Crippen molar-refractivity contribution < 1.29 is 14.3 Å². The van der Waals surface area contributed by atoms with Crippen molar-refractivity contribution in [3.05, 3.63) is 21.5 Å². The molecule has 1 aliphatic heterocycles. The Kier molecular flexibility index (Phi) is 5.08. The molecular formula is C17H23IN4O3. The SMILES string of the molecule is COc1cc(C2CCCN(C(=O)OC(C)(C)C)C2)nc2c(I)cnn12. The molecule has 3 heterocycles. The molecule has 0 aromatic carbocycles. The number of carbonyl (C=O) groups is 1. The lowest BCUT2D eigenvalue weighted by Gasteiger charge is -2.34. The van der Waals surface area contributed by atoms with Gasteiger partial charge in [0.25, 0.3) is 0 Å². The van der Waals surface area contributed by atoms with Gasteiger partial charge in [-0.05, 0) is 56.2 Å². The molecule has 2 aromatic rings. The van der Waals surface area contributed by atoms with E-state index in [2.05, 4.69) is 27.7 Å². The number of methoxy groups -OCH3 is 1. The average molecular weight is 458 g/mol. The first-order valence-electron chi connectivity index (χ1n) is 8.34. The molecule has 1 unspecified atom stereocenters. The van der Waals surface area contributed by atoms with Gasteiger partial charge < -0.3 is 14.4 Å². The number of rotatable bonds is 2. The van der Waals surface area contributed by atoms with E-state index in [1.54, 1.807) is 22.7 Å². The van der Waals surface area contributed by atoms with Gasteiger partial charge in [-0.3, -0.25) is 0 Å². The summed E-state index contributed by atoms with van der Waals surface area (Å²) < 4.78 is 13.6. The van der Waals surface area contributed by atoms with Crippen molar-refractivity contribution in [3.63, 3.8) is 0 Å². The number of piperidine rings is 1. The van der Waals surface area contributed by atoms with Gasteiger partial charge in [-0.1, -0.05) is 0 Å². The van der Waals surface area contributed by atoms with Gasteiger partial charge in [0.05, 0.1) is 22.6 Å².